The van der Waals surface area contributed by atoms with Crippen LogP contribution in [0.3, 0.4) is 0 Å². The first-order valence-electron chi connectivity index (χ1n) is 10.7. The summed E-state index contributed by atoms with van der Waals surface area (Å²) in [6, 6.07) is -0.228. The number of carboxylic acids is 1. The van der Waals surface area contributed by atoms with E-state index < -0.39 is 35.5 Å². The minimum atomic E-state index is -5.08. The van der Waals surface area contributed by atoms with Gasteiger partial charge in [-0.05, 0) is 32.1 Å². The summed E-state index contributed by atoms with van der Waals surface area (Å²) >= 11 is 1.66. The van der Waals surface area contributed by atoms with Crippen molar-refractivity contribution in [3.63, 3.8) is 0 Å². The average molecular weight is 494 g/mol. The quantitative estimate of drug-likeness (QED) is 0.455. The van der Waals surface area contributed by atoms with E-state index in [0.717, 1.165) is 16.8 Å². The second-order valence-electron chi connectivity index (χ2n) is 8.31. The number of likely N-dealkylation sites (tertiary alicyclic amines) is 1. The standard InChI is InChI=1S/C18H25N3O4S.C2HF3O2/c1-4-18(16(24)25-3)13-12(14(22)20(5-2)15(13)23)11-8-19-17(21(11)18)26-9-10-6-7-10;3-2(4,5)1(6)7/h10-13H,4-9H2,1-3H3;(H,6,7)/t11-,12+,13-,18-;/m1./s1. The largest absolute Gasteiger partial charge is 0.490 e. The Morgan fingerprint density at radius 2 is 1.85 bits per heavy atom. The van der Waals surface area contributed by atoms with Gasteiger partial charge in [0.25, 0.3) is 0 Å². The Morgan fingerprint density at radius 3 is 2.30 bits per heavy atom. The fourth-order valence-electron chi connectivity index (χ4n) is 4.84. The monoisotopic (exact) mass is 493 g/mol. The molecule has 3 aliphatic heterocycles. The van der Waals surface area contributed by atoms with Crippen molar-refractivity contribution in [2.24, 2.45) is 22.7 Å². The summed E-state index contributed by atoms with van der Waals surface area (Å²) in [5, 5.41) is 7.92. The minimum Gasteiger partial charge on any atom is -0.475 e. The lowest BCUT2D eigenvalue weighted by atomic mass is 9.78. The van der Waals surface area contributed by atoms with Crippen LogP contribution in [-0.2, 0) is 23.9 Å². The summed E-state index contributed by atoms with van der Waals surface area (Å²) < 4.78 is 36.9. The van der Waals surface area contributed by atoms with Crippen LogP contribution in [0.25, 0.3) is 0 Å². The van der Waals surface area contributed by atoms with Gasteiger partial charge >= 0.3 is 18.1 Å². The van der Waals surface area contributed by atoms with Crippen molar-refractivity contribution in [1.29, 1.82) is 0 Å². The van der Waals surface area contributed by atoms with Gasteiger partial charge in [-0.3, -0.25) is 19.5 Å². The maximum absolute atomic E-state index is 13.1. The van der Waals surface area contributed by atoms with Crippen molar-refractivity contribution >= 4 is 40.7 Å². The molecule has 0 unspecified atom stereocenters. The molecule has 3 heterocycles. The number of aliphatic carboxylic acids is 1. The van der Waals surface area contributed by atoms with Gasteiger partial charge in [0.1, 0.15) is 0 Å². The van der Waals surface area contributed by atoms with Crippen LogP contribution in [0, 0.1) is 17.8 Å². The normalized spacial score (nSPS) is 30.5. The molecular formula is C20H26F3N3O6S. The number of alkyl halides is 3. The Kier molecular flexibility index (Phi) is 7.02. The number of aliphatic imine (C=N–C) groups is 1. The number of esters is 1. The van der Waals surface area contributed by atoms with Crippen LogP contribution in [0.1, 0.15) is 33.1 Å². The Bertz CT molecular complexity index is 878. The van der Waals surface area contributed by atoms with Crippen LogP contribution in [0.5, 0.6) is 0 Å². The Morgan fingerprint density at radius 1 is 1.24 bits per heavy atom. The number of carbonyl (C=O) groups is 4. The molecule has 4 atom stereocenters. The molecule has 0 aromatic rings. The first-order valence-corrected chi connectivity index (χ1v) is 11.6. The van der Waals surface area contributed by atoms with Gasteiger partial charge in [0, 0.05) is 12.3 Å². The number of rotatable bonds is 5. The number of methoxy groups -OCH3 is 1. The van der Waals surface area contributed by atoms with Gasteiger partial charge in [-0.2, -0.15) is 13.2 Å². The Labute approximate surface area is 192 Å². The van der Waals surface area contributed by atoms with Crippen LogP contribution < -0.4 is 0 Å². The van der Waals surface area contributed by atoms with Gasteiger partial charge in [-0.1, -0.05) is 18.7 Å². The van der Waals surface area contributed by atoms with Gasteiger partial charge in [0.15, 0.2) is 10.7 Å². The predicted octanol–water partition coefficient (Wildman–Crippen LogP) is 1.76. The summed E-state index contributed by atoms with van der Waals surface area (Å²) in [5.74, 6) is -3.09. The number of carbonyl (C=O) groups excluding carboxylic acids is 3. The molecule has 9 nitrogen and oxygen atoms in total. The SMILES string of the molecule is CCN1C(=O)[C@H]2[C@H]3CN=C(SCC4CC4)N3[C@@](CC)(C(=O)OC)[C@H]2C1=O.O=C(O)C(F)(F)F. The third-order valence-electron chi connectivity index (χ3n) is 6.53. The van der Waals surface area contributed by atoms with Gasteiger partial charge in [0.05, 0.1) is 31.5 Å². The number of amidine groups is 1. The molecule has 184 valence electrons. The number of carboxylic acid groups (broad SMARTS) is 1. The first kappa shape index (κ1) is 25.3. The molecule has 1 saturated carbocycles. The third-order valence-corrected chi connectivity index (χ3v) is 7.76. The topological polar surface area (TPSA) is 117 Å². The lowest BCUT2D eigenvalue weighted by Crippen LogP contribution is -2.59. The van der Waals surface area contributed by atoms with E-state index in [4.69, 9.17) is 14.6 Å². The maximum atomic E-state index is 13.1. The highest BCUT2D eigenvalue weighted by atomic mass is 32.2. The van der Waals surface area contributed by atoms with Crippen LogP contribution in [0.4, 0.5) is 13.2 Å². The molecule has 13 heteroatoms. The van der Waals surface area contributed by atoms with Crippen LogP contribution >= 0.6 is 11.8 Å². The molecule has 0 radical (unpaired) electrons. The van der Waals surface area contributed by atoms with Crippen LogP contribution in [-0.4, -0.2) is 87.5 Å². The molecule has 0 bridgehead atoms. The second kappa shape index (κ2) is 9.15. The number of hydrogen-bond acceptors (Lipinski definition) is 8. The zero-order valence-electron chi connectivity index (χ0n) is 18.4. The van der Waals surface area contributed by atoms with Crippen molar-refractivity contribution in [2.45, 2.75) is 50.9 Å². The number of imide groups is 1. The second-order valence-corrected chi connectivity index (χ2v) is 9.30. The van der Waals surface area contributed by atoms with E-state index >= 15 is 0 Å². The Balaban J connectivity index is 0.000000383. The molecule has 0 aromatic carbocycles. The molecule has 4 rings (SSSR count). The van der Waals surface area contributed by atoms with E-state index in [0.29, 0.717) is 19.5 Å². The van der Waals surface area contributed by atoms with Crippen LogP contribution in [0.2, 0.25) is 0 Å². The zero-order chi connectivity index (χ0) is 24.7. The first-order chi connectivity index (χ1) is 15.4. The highest BCUT2D eigenvalue weighted by Gasteiger charge is 2.73. The predicted molar refractivity (Wildman–Crippen MR) is 111 cm³/mol. The maximum Gasteiger partial charge on any atom is 0.490 e. The van der Waals surface area contributed by atoms with Gasteiger partial charge < -0.3 is 14.7 Å². The lowest BCUT2D eigenvalue weighted by molar-refractivity contribution is -0.192. The lowest BCUT2D eigenvalue weighted by Gasteiger charge is -2.39. The number of nitrogens with zero attached hydrogens (tertiary/aromatic N) is 3. The molecule has 1 N–H and O–H groups in total. The van der Waals surface area contributed by atoms with E-state index in [1.807, 2.05) is 11.8 Å². The number of thioether (sulfide) groups is 1. The summed E-state index contributed by atoms with van der Waals surface area (Å²) in [7, 11) is 1.35. The minimum absolute atomic E-state index is 0.166. The smallest absolute Gasteiger partial charge is 0.475 e. The summed E-state index contributed by atoms with van der Waals surface area (Å²) in [4.78, 5) is 55.8. The van der Waals surface area contributed by atoms with E-state index in [-0.39, 0.29) is 17.9 Å². The Hall–Kier alpha value is -2.31. The number of amides is 2. The van der Waals surface area contributed by atoms with Crippen molar-refractivity contribution in [3.05, 3.63) is 0 Å². The van der Waals surface area contributed by atoms with Crippen molar-refractivity contribution in [2.75, 3.05) is 26.0 Å². The molecule has 4 aliphatic rings. The molecule has 0 spiro atoms. The van der Waals surface area contributed by atoms with E-state index in [1.165, 1.54) is 24.9 Å². The van der Waals surface area contributed by atoms with E-state index in [2.05, 4.69) is 4.99 Å². The summed E-state index contributed by atoms with van der Waals surface area (Å²) in [6.45, 7) is 4.48. The molecule has 1 aliphatic carbocycles. The van der Waals surface area contributed by atoms with Gasteiger partial charge in [0.2, 0.25) is 11.8 Å². The molecule has 3 fully saturated rings. The average Bonchev–Trinajstić information content (AvgIpc) is 3.34. The number of fused-ring (bicyclic) bond motifs is 3. The van der Waals surface area contributed by atoms with Crippen molar-refractivity contribution < 1.29 is 42.2 Å². The fraction of sp³-hybridized carbons (Fsp3) is 0.750. The van der Waals surface area contributed by atoms with Gasteiger partial charge in [-0.25, -0.2) is 9.59 Å². The highest BCUT2D eigenvalue weighted by Crippen LogP contribution is 2.54. The third kappa shape index (κ3) is 4.19. The fourth-order valence-corrected chi connectivity index (χ4v) is 6.16. The number of halogens is 3. The molecule has 33 heavy (non-hydrogen) atoms. The molecular weight excluding hydrogens is 467 g/mol. The summed E-state index contributed by atoms with van der Waals surface area (Å²) in [5.41, 5.74) is -1.13. The molecule has 2 amide bonds. The molecule has 2 saturated heterocycles. The van der Waals surface area contributed by atoms with E-state index in [9.17, 15) is 27.6 Å². The van der Waals surface area contributed by atoms with Gasteiger partial charge in [-0.15, -0.1) is 0 Å². The van der Waals surface area contributed by atoms with Crippen LogP contribution in [0.15, 0.2) is 4.99 Å². The zero-order valence-corrected chi connectivity index (χ0v) is 19.2. The molecule has 0 aromatic heterocycles. The summed E-state index contributed by atoms with van der Waals surface area (Å²) in [6.07, 6.45) is -2.18. The van der Waals surface area contributed by atoms with E-state index in [1.54, 1.807) is 18.7 Å². The highest BCUT2D eigenvalue weighted by molar-refractivity contribution is 8.13. The number of hydrogen-bond donors (Lipinski definition) is 1. The van der Waals surface area contributed by atoms with Crippen molar-refractivity contribution in [1.82, 2.24) is 9.80 Å². The number of ether oxygens (including phenoxy) is 1. The van der Waals surface area contributed by atoms with Crippen molar-refractivity contribution in [3.8, 4) is 0 Å².